The molecule has 1 aromatic rings. The van der Waals surface area contributed by atoms with Gasteiger partial charge in [-0.05, 0) is 25.5 Å². The van der Waals surface area contributed by atoms with Crippen LogP contribution in [0.25, 0.3) is 0 Å². The summed E-state index contributed by atoms with van der Waals surface area (Å²) >= 11 is 6.04. The van der Waals surface area contributed by atoms with Crippen molar-refractivity contribution in [2.24, 2.45) is 0 Å². The number of phenols is 1. The molecule has 0 saturated carbocycles. The number of rotatable bonds is 1. The summed E-state index contributed by atoms with van der Waals surface area (Å²) in [4.78, 5) is 0. The Morgan fingerprint density at radius 3 is 3.06 bits per heavy atom. The van der Waals surface area contributed by atoms with Gasteiger partial charge in [0.05, 0.1) is 0 Å². The maximum absolute atomic E-state index is 10.0. The summed E-state index contributed by atoms with van der Waals surface area (Å²) in [5.74, 6) is 1.16. The molecule has 1 fully saturated rings. The van der Waals surface area contributed by atoms with Crippen LogP contribution in [0.5, 0.6) is 17.2 Å². The van der Waals surface area contributed by atoms with Gasteiger partial charge in [0.2, 0.25) is 6.79 Å². The molecular weight excluding hydrogens is 230 g/mol. The van der Waals surface area contributed by atoms with Crippen molar-refractivity contribution in [1.29, 1.82) is 0 Å². The van der Waals surface area contributed by atoms with Gasteiger partial charge in [0.25, 0.3) is 0 Å². The molecule has 2 aliphatic rings. The lowest BCUT2D eigenvalue weighted by atomic mass is 10.0. The smallest absolute Gasteiger partial charge is 0.231 e. The molecule has 1 aromatic carbocycles. The van der Waals surface area contributed by atoms with Crippen molar-refractivity contribution < 1.29 is 14.6 Å². The molecule has 5 heteroatoms. The topological polar surface area (TPSA) is 50.7 Å². The Morgan fingerprint density at radius 1 is 1.44 bits per heavy atom. The van der Waals surface area contributed by atoms with E-state index in [9.17, 15) is 5.11 Å². The fraction of sp³-hybridized carbons (Fsp3) is 0.455. The van der Waals surface area contributed by atoms with Crippen LogP contribution in [0.2, 0.25) is 5.02 Å². The van der Waals surface area contributed by atoms with Gasteiger partial charge in [-0.15, -0.1) is 0 Å². The minimum Gasteiger partial charge on any atom is -0.506 e. The molecule has 16 heavy (non-hydrogen) atoms. The van der Waals surface area contributed by atoms with E-state index >= 15 is 0 Å². The molecule has 2 aliphatic heterocycles. The monoisotopic (exact) mass is 241 g/mol. The Labute approximate surface area is 98.1 Å². The van der Waals surface area contributed by atoms with Crippen molar-refractivity contribution in [2.75, 3.05) is 13.3 Å². The number of phenolic OH excluding ortho intramolecular Hbond substituents is 1. The van der Waals surface area contributed by atoms with E-state index in [0.717, 1.165) is 24.9 Å². The first-order valence-corrected chi connectivity index (χ1v) is 5.69. The maximum Gasteiger partial charge on any atom is 0.231 e. The van der Waals surface area contributed by atoms with E-state index in [1.165, 1.54) is 0 Å². The minimum atomic E-state index is 0.102. The molecule has 0 spiro atoms. The van der Waals surface area contributed by atoms with E-state index in [1.807, 2.05) is 6.07 Å². The number of nitrogens with one attached hydrogen (secondary N) is 1. The van der Waals surface area contributed by atoms with Crippen molar-refractivity contribution in [2.45, 2.75) is 18.9 Å². The Morgan fingerprint density at radius 2 is 2.31 bits per heavy atom. The highest BCUT2D eigenvalue weighted by molar-refractivity contribution is 6.34. The van der Waals surface area contributed by atoms with Gasteiger partial charge in [0, 0.05) is 11.6 Å². The molecule has 86 valence electrons. The fourth-order valence-corrected chi connectivity index (χ4v) is 2.48. The van der Waals surface area contributed by atoms with Gasteiger partial charge in [-0.3, -0.25) is 0 Å². The first-order chi connectivity index (χ1) is 7.77. The van der Waals surface area contributed by atoms with Crippen molar-refractivity contribution in [3.05, 3.63) is 16.7 Å². The number of ether oxygens (including phenoxy) is 2. The average molecular weight is 242 g/mol. The summed E-state index contributed by atoms with van der Waals surface area (Å²) < 4.78 is 10.5. The molecule has 3 rings (SSSR count). The quantitative estimate of drug-likeness (QED) is 0.792. The van der Waals surface area contributed by atoms with Crippen LogP contribution in [0.3, 0.4) is 0 Å². The van der Waals surface area contributed by atoms with E-state index in [2.05, 4.69) is 5.32 Å². The van der Waals surface area contributed by atoms with Crippen LogP contribution in [-0.4, -0.2) is 18.4 Å². The van der Waals surface area contributed by atoms with E-state index < -0.39 is 0 Å². The highest BCUT2D eigenvalue weighted by atomic mass is 35.5. The molecule has 0 amide bonds. The van der Waals surface area contributed by atoms with E-state index in [0.29, 0.717) is 11.5 Å². The SMILES string of the molecule is Oc1c(C2CCCN2)cc2c(c1Cl)OCO2. The van der Waals surface area contributed by atoms with Crippen molar-refractivity contribution in [1.82, 2.24) is 5.32 Å². The Hall–Kier alpha value is -1.13. The van der Waals surface area contributed by atoms with Crippen LogP contribution in [0, 0.1) is 0 Å². The second kappa shape index (κ2) is 3.71. The minimum absolute atomic E-state index is 0.102. The Kier molecular flexibility index (Phi) is 2.33. The van der Waals surface area contributed by atoms with Crippen LogP contribution in [0.15, 0.2) is 6.07 Å². The number of aromatic hydroxyl groups is 1. The summed E-state index contributed by atoms with van der Waals surface area (Å²) in [7, 11) is 0. The summed E-state index contributed by atoms with van der Waals surface area (Å²) in [5.41, 5.74) is 0.798. The lowest BCUT2D eigenvalue weighted by Crippen LogP contribution is -2.13. The molecule has 0 aliphatic carbocycles. The number of halogens is 1. The van der Waals surface area contributed by atoms with Crippen molar-refractivity contribution in [3.8, 4) is 17.2 Å². The second-order valence-corrected chi connectivity index (χ2v) is 4.39. The molecule has 2 heterocycles. The zero-order valence-electron chi connectivity index (χ0n) is 8.62. The van der Waals surface area contributed by atoms with E-state index in [-0.39, 0.29) is 23.6 Å². The number of hydrogen-bond donors (Lipinski definition) is 2. The van der Waals surface area contributed by atoms with Gasteiger partial charge < -0.3 is 19.9 Å². The van der Waals surface area contributed by atoms with Crippen LogP contribution in [0.4, 0.5) is 0 Å². The van der Waals surface area contributed by atoms with Crippen molar-refractivity contribution in [3.63, 3.8) is 0 Å². The number of hydrogen-bond acceptors (Lipinski definition) is 4. The van der Waals surface area contributed by atoms with Gasteiger partial charge in [-0.1, -0.05) is 11.6 Å². The van der Waals surface area contributed by atoms with Crippen LogP contribution >= 0.6 is 11.6 Å². The van der Waals surface area contributed by atoms with Gasteiger partial charge in [-0.2, -0.15) is 0 Å². The molecule has 0 radical (unpaired) electrons. The molecule has 1 saturated heterocycles. The molecule has 1 unspecified atom stereocenters. The zero-order chi connectivity index (χ0) is 11.1. The Balaban J connectivity index is 2.08. The average Bonchev–Trinajstić information content (AvgIpc) is 2.92. The molecule has 2 N–H and O–H groups in total. The maximum atomic E-state index is 10.0. The predicted molar refractivity (Wildman–Crippen MR) is 59.2 cm³/mol. The molecule has 1 atom stereocenters. The first kappa shape index (κ1) is 10.1. The third kappa shape index (κ3) is 1.41. The van der Waals surface area contributed by atoms with Gasteiger partial charge >= 0.3 is 0 Å². The van der Waals surface area contributed by atoms with Gasteiger partial charge in [-0.25, -0.2) is 0 Å². The van der Waals surface area contributed by atoms with E-state index in [1.54, 1.807) is 0 Å². The van der Waals surface area contributed by atoms with Crippen LogP contribution in [0.1, 0.15) is 24.4 Å². The molecule has 0 bridgehead atoms. The van der Waals surface area contributed by atoms with Crippen LogP contribution < -0.4 is 14.8 Å². The third-order valence-electron chi connectivity index (χ3n) is 3.04. The van der Waals surface area contributed by atoms with Gasteiger partial charge in [0.1, 0.15) is 10.8 Å². The lowest BCUT2D eigenvalue weighted by Gasteiger charge is -2.14. The lowest BCUT2D eigenvalue weighted by molar-refractivity contribution is 0.174. The summed E-state index contributed by atoms with van der Waals surface area (Å²) in [5, 5.41) is 13.6. The summed E-state index contributed by atoms with van der Waals surface area (Å²) in [6, 6.07) is 1.97. The van der Waals surface area contributed by atoms with Gasteiger partial charge in [0.15, 0.2) is 11.5 Å². The second-order valence-electron chi connectivity index (χ2n) is 4.01. The number of fused-ring (bicyclic) bond motifs is 1. The predicted octanol–water partition coefficient (Wildman–Crippen LogP) is 2.20. The first-order valence-electron chi connectivity index (χ1n) is 5.31. The number of benzene rings is 1. The van der Waals surface area contributed by atoms with E-state index in [4.69, 9.17) is 21.1 Å². The highest BCUT2D eigenvalue weighted by Crippen LogP contribution is 2.48. The normalized spacial score (nSPS) is 22.7. The molecule has 4 nitrogen and oxygen atoms in total. The highest BCUT2D eigenvalue weighted by Gasteiger charge is 2.27. The largest absolute Gasteiger partial charge is 0.506 e. The zero-order valence-corrected chi connectivity index (χ0v) is 9.38. The standard InChI is InChI=1S/C11H12ClNO3/c12-9-10(14)6(7-2-1-3-13-7)4-8-11(9)16-5-15-8/h4,7,13-14H,1-3,5H2. The Bertz CT molecular complexity index is 430. The van der Waals surface area contributed by atoms with Crippen LogP contribution in [-0.2, 0) is 0 Å². The van der Waals surface area contributed by atoms with Crippen molar-refractivity contribution >= 4 is 11.6 Å². The summed E-state index contributed by atoms with van der Waals surface area (Å²) in [6.45, 7) is 1.13. The molecular formula is C11H12ClNO3. The third-order valence-corrected chi connectivity index (χ3v) is 3.40. The fourth-order valence-electron chi connectivity index (χ4n) is 2.23. The summed E-state index contributed by atoms with van der Waals surface area (Å²) in [6.07, 6.45) is 2.11. The molecule has 0 aromatic heterocycles.